The fourth-order valence-corrected chi connectivity index (χ4v) is 2.92. The molecule has 2 atom stereocenters. The van der Waals surface area contributed by atoms with Crippen molar-refractivity contribution in [2.75, 3.05) is 26.2 Å². The van der Waals surface area contributed by atoms with Crippen LogP contribution in [0.5, 0.6) is 0 Å². The second kappa shape index (κ2) is 6.31. The van der Waals surface area contributed by atoms with E-state index in [-0.39, 0.29) is 6.61 Å². The Bertz CT molecular complexity index is 406. The summed E-state index contributed by atoms with van der Waals surface area (Å²) in [6, 6.07) is 9.95. The maximum atomic E-state index is 11.6. The minimum absolute atomic E-state index is 0.250. The predicted octanol–water partition coefficient (Wildman–Crippen LogP) is 1.85. The van der Waals surface area contributed by atoms with Crippen LogP contribution in [0.15, 0.2) is 30.3 Å². The topological polar surface area (TPSA) is 40.5 Å². The number of aldehydes is 1. The average Bonchev–Trinajstić information content (AvgIpc) is 2.48. The summed E-state index contributed by atoms with van der Waals surface area (Å²) in [4.78, 5) is 13.9. The maximum absolute atomic E-state index is 11.6. The Kier molecular flexibility index (Phi) is 4.72. The molecule has 0 amide bonds. The van der Waals surface area contributed by atoms with Crippen LogP contribution in [-0.4, -0.2) is 42.5 Å². The third-order valence-electron chi connectivity index (χ3n) is 4.11. The van der Waals surface area contributed by atoms with Gasteiger partial charge in [0.25, 0.3) is 0 Å². The number of aliphatic hydroxyl groups is 1. The lowest BCUT2D eigenvalue weighted by molar-refractivity contribution is -0.113. The average molecular weight is 261 g/mol. The lowest BCUT2D eigenvalue weighted by atomic mass is 9.82. The van der Waals surface area contributed by atoms with E-state index in [9.17, 15) is 9.90 Å². The van der Waals surface area contributed by atoms with Crippen molar-refractivity contribution in [2.24, 2.45) is 5.92 Å². The zero-order chi connectivity index (χ0) is 13.7. The molecule has 1 aliphatic rings. The highest BCUT2D eigenvalue weighted by atomic mass is 16.3. The molecule has 1 saturated heterocycles. The zero-order valence-corrected chi connectivity index (χ0v) is 11.6. The fraction of sp³-hybridized carbons (Fsp3) is 0.562. The van der Waals surface area contributed by atoms with Gasteiger partial charge in [-0.1, -0.05) is 30.3 Å². The number of carbonyl (C=O) groups is 1. The van der Waals surface area contributed by atoms with Gasteiger partial charge in [0.1, 0.15) is 6.29 Å². The number of rotatable bonds is 5. The summed E-state index contributed by atoms with van der Waals surface area (Å²) in [6.45, 7) is 4.90. The van der Waals surface area contributed by atoms with Crippen molar-refractivity contribution >= 4 is 6.29 Å². The lowest BCUT2D eigenvalue weighted by Gasteiger charge is -2.37. The highest BCUT2D eigenvalue weighted by Gasteiger charge is 2.30. The van der Waals surface area contributed by atoms with Gasteiger partial charge in [0.15, 0.2) is 0 Å². The van der Waals surface area contributed by atoms with Crippen LogP contribution in [0.25, 0.3) is 0 Å². The van der Waals surface area contributed by atoms with E-state index in [0.717, 1.165) is 44.3 Å². The minimum atomic E-state index is -0.460. The largest absolute Gasteiger partial charge is 0.396 e. The molecule has 1 fully saturated rings. The standard InChI is InChI=1S/C16H23NO2/c1-16(13-19,15-7-3-2-4-8-15)12-17-9-5-6-14(10-17)11-18/h2-4,7-8,13-14,18H,5-6,9-12H2,1H3. The third kappa shape index (κ3) is 3.43. The number of hydrogen-bond acceptors (Lipinski definition) is 3. The van der Waals surface area contributed by atoms with Gasteiger partial charge in [0, 0.05) is 19.7 Å². The van der Waals surface area contributed by atoms with Crippen molar-refractivity contribution in [1.82, 2.24) is 4.90 Å². The molecule has 0 saturated carbocycles. The highest BCUT2D eigenvalue weighted by Crippen LogP contribution is 2.25. The molecule has 1 N–H and O–H groups in total. The van der Waals surface area contributed by atoms with Crippen LogP contribution < -0.4 is 0 Å². The van der Waals surface area contributed by atoms with Crippen LogP contribution in [0.3, 0.4) is 0 Å². The number of likely N-dealkylation sites (tertiary alicyclic amines) is 1. The van der Waals surface area contributed by atoms with Gasteiger partial charge in [-0.15, -0.1) is 0 Å². The molecular weight excluding hydrogens is 238 g/mol. The first-order valence-corrected chi connectivity index (χ1v) is 7.03. The van der Waals surface area contributed by atoms with Crippen LogP contribution in [0.2, 0.25) is 0 Å². The second-order valence-corrected chi connectivity index (χ2v) is 5.83. The Hall–Kier alpha value is -1.19. The monoisotopic (exact) mass is 261 g/mol. The quantitative estimate of drug-likeness (QED) is 0.822. The van der Waals surface area contributed by atoms with Gasteiger partial charge in [0.2, 0.25) is 0 Å². The second-order valence-electron chi connectivity index (χ2n) is 5.83. The molecule has 3 heteroatoms. The van der Waals surface area contributed by atoms with Crippen molar-refractivity contribution in [3.63, 3.8) is 0 Å². The number of aliphatic hydroxyl groups excluding tert-OH is 1. The number of benzene rings is 1. The minimum Gasteiger partial charge on any atom is -0.396 e. The van der Waals surface area contributed by atoms with Crippen molar-refractivity contribution in [3.05, 3.63) is 35.9 Å². The van der Waals surface area contributed by atoms with Gasteiger partial charge < -0.3 is 14.8 Å². The van der Waals surface area contributed by atoms with Crippen LogP contribution >= 0.6 is 0 Å². The SMILES string of the molecule is CC(C=O)(CN1CCCC(CO)C1)c1ccccc1. The Morgan fingerprint density at radius 2 is 2.16 bits per heavy atom. The maximum Gasteiger partial charge on any atom is 0.131 e. The molecule has 1 aromatic carbocycles. The summed E-state index contributed by atoms with van der Waals surface area (Å²) in [5, 5.41) is 9.29. The van der Waals surface area contributed by atoms with Gasteiger partial charge in [-0.3, -0.25) is 0 Å². The molecule has 19 heavy (non-hydrogen) atoms. The summed E-state index contributed by atoms with van der Waals surface area (Å²) < 4.78 is 0. The molecule has 0 spiro atoms. The van der Waals surface area contributed by atoms with E-state index in [1.807, 2.05) is 37.3 Å². The van der Waals surface area contributed by atoms with E-state index >= 15 is 0 Å². The third-order valence-corrected chi connectivity index (χ3v) is 4.11. The van der Waals surface area contributed by atoms with Gasteiger partial charge >= 0.3 is 0 Å². The van der Waals surface area contributed by atoms with Crippen LogP contribution in [0.4, 0.5) is 0 Å². The van der Waals surface area contributed by atoms with E-state index < -0.39 is 5.41 Å². The Labute approximate surface area is 115 Å². The van der Waals surface area contributed by atoms with Crippen molar-refractivity contribution in [3.8, 4) is 0 Å². The zero-order valence-electron chi connectivity index (χ0n) is 11.6. The summed E-state index contributed by atoms with van der Waals surface area (Å²) in [6.07, 6.45) is 3.26. The molecule has 0 aliphatic carbocycles. The number of hydrogen-bond donors (Lipinski definition) is 1. The van der Waals surface area contributed by atoms with E-state index in [4.69, 9.17) is 0 Å². The molecule has 104 valence electrons. The molecule has 1 aromatic rings. The van der Waals surface area contributed by atoms with Crippen molar-refractivity contribution in [1.29, 1.82) is 0 Å². The molecule has 2 rings (SSSR count). The normalized spacial score (nSPS) is 23.8. The number of nitrogens with zero attached hydrogens (tertiary/aromatic N) is 1. The van der Waals surface area contributed by atoms with Crippen molar-refractivity contribution < 1.29 is 9.90 Å². The fourth-order valence-electron chi connectivity index (χ4n) is 2.92. The van der Waals surface area contributed by atoms with E-state index in [1.165, 1.54) is 0 Å². The Balaban J connectivity index is 2.08. The van der Waals surface area contributed by atoms with E-state index in [2.05, 4.69) is 4.90 Å². The molecule has 0 aromatic heterocycles. The summed E-state index contributed by atoms with van der Waals surface area (Å²) in [5.41, 5.74) is 0.606. The van der Waals surface area contributed by atoms with Crippen LogP contribution in [0, 0.1) is 5.92 Å². The summed E-state index contributed by atoms with van der Waals surface area (Å²) in [5.74, 6) is 0.362. The summed E-state index contributed by atoms with van der Waals surface area (Å²) >= 11 is 0. The first kappa shape index (κ1) is 14.2. The van der Waals surface area contributed by atoms with Gasteiger partial charge in [-0.2, -0.15) is 0 Å². The number of piperidine rings is 1. The van der Waals surface area contributed by atoms with Crippen molar-refractivity contribution in [2.45, 2.75) is 25.2 Å². The van der Waals surface area contributed by atoms with Gasteiger partial charge in [0.05, 0.1) is 5.41 Å². The lowest BCUT2D eigenvalue weighted by Crippen LogP contribution is -2.45. The molecule has 1 heterocycles. The van der Waals surface area contributed by atoms with Gasteiger partial charge in [-0.05, 0) is 37.8 Å². The van der Waals surface area contributed by atoms with Crippen LogP contribution in [0.1, 0.15) is 25.3 Å². The first-order valence-electron chi connectivity index (χ1n) is 7.03. The Morgan fingerprint density at radius 1 is 1.42 bits per heavy atom. The molecule has 1 aliphatic heterocycles. The molecule has 3 nitrogen and oxygen atoms in total. The molecule has 0 radical (unpaired) electrons. The molecular formula is C16H23NO2. The molecule has 2 unspecified atom stereocenters. The van der Waals surface area contributed by atoms with E-state index in [1.54, 1.807) is 0 Å². The number of carbonyl (C=O) groups excluding carboxylic acids is 1. The van der Waals surface area contributed by atoms with Crippen LogP contribution in [-0.2, 0) is 10.2 Å². The predicted molar refractivity (Wildman–Crippen MR) is 76.1 cm³/mol. The summed E-state index contributed by atoms with van der Waals surface area (Å²) in [7, 11) is 0. The molecule has 0 bridgehead atoms. The highest BCUT2D eigenvalue weighted by molar-refractivity contribution is 5.68. The van der Waals surface area contributed by atoms with Gasteiger partial charge in [-0.25, -0.2) is 0 Å². The first-order chi connectivity index (χ1) is 9.18. The smallest absolute Gasteiger partial charge is 0.131 e. The van der Waals surface area contributed by atoms with E-state index in [0.29, 0.717) is 5.92 Å². The Morgan fingerprint density at radius 3 is 2.79 bits per heavy atom.